The molecule has 1 saturated heterocycles. The Bertz CT molecular complexity index is 1190. The van der Waals surface area contributed by atoms with Gasteiger partial charge in [-0.25, -0.2) is 15.0 Å². The predicted octanol–water partition coefficient (Wildman–Crippen LogP) is 4.06. The summed E-state index contributed by atoms with van der Waals surface area (Å²) in [5.41, 5.74) is 5.46. The van der Waals surface area contributed by atoms with Crippen LogP contribution in [0.5, 0.6) is 0 Å². The first kappa shape index (κ1) is 19.7. The van der Waals surface area contributed by atoms with E-state index >= 15 is 0 Å². The smallest absolute Gasteiger partial charge is 0.137 e. The molecule has 31 heavy (non-hydrogen) atoms. The molecule has 0 unspecified atom stereocenters. The van der Waals surface area contributed by atoms with E-state index in [4.69, 9.17) is 14.7 Å². The van der Waals surface area contributed by atoms with Crippen LogP contribution < -0.4 is 5.32 Å². The van der Waals surface area contributed by atoms with E-state index in [2.05, 4.69) is 51.8 Å². The monoisotopic (exact) mass is 414 g/mol. The predicted molar refractivity (Wildman–Crippen MR) is 120 cm³/mol. The molecule has 1 aliphatic rings. The molecule has 0 bridgehead atoms. The molecule has 4 aromatic rings. The van der Waals surface area contributed by atoms with E-state index in [1.165, 1.54) is 11.3 Å². The molecule has 0 amide bonds. The van der Waals surface area contributed by atoms with Gasteiger partial charge in [0, 0.05) is 32.0 Å². The maximum atomic E-state index is 6.08. The van der Waals surface area contributed by atoms with Crippen LogP contribution in [0.25, 0.3) is 5.65 Å². The van der Waals surface area contributed by atoms with Crippen LogP contribution >= 0.6 is 0 Å². The first-order chi connectivity index (χ1) is 15.2. The molecule has 158 valence electrons. The van der Waals surface area contributed by atoms with Crippen molar-refractivity contribution in [2.24, 2.45) is 0 Å². The first-order valence-electron chi connectivity index (χ1n) is 10.6. The van der Waals surface area contributed by atoms with Crippen molar-refractivity contribution >= 4 is 17.3 Å². The summed E-state index contributed by atoms with van der Waals surface area (Å²) in [6.45, 7) is 7.38. The molecule has 1 atom stereocenters. The van der Waals surface area contributed by atoms with Crippen LogP contribution in [0.15, 0.2) is 60.9 Å². The Kier molecular flexibility index (Phi) is 5.36. The fourth-order valence-corrected chi connectivity index (χ4v) is 4.01. The number of aryl methyl sites for hydroxylation is 2. The summed E-state index contributed by atoms with van der Waals surface area (Å²) in [4.78, 5) is 16.3. The fourth-order valence-electron chi connectivity index (χ4n) is 4.01. The second kappa shape index (κ2) is 8.45. The number of hydrogen-bond acceptors (Lipinski definition) is 6. The highest BCUT2D eigenvalue weighted by Gasteiger charge is 2.25. The lowest BCUT2D eigenvalue weighted by Crippen LogP contribution is -2.38. The highest BCUT2D eigenvalue weighted by molar-refractivity contribution is 5.51. The lowest BCUT2D eigenvalue weighted by Gasteiger charge is -2.32. The number of imidazole rings is 1. The molecule has 4 aromatic heterocycles. The largest absolute Gasteiger partial charge is 0.369 e. The zero-order valence-electron chi connectivity index (χ0n) is 17.8. The van der Waals surface area contributed by atoms with E-state index in [0.717, 1.165) is 48.3 Å². The van der Waals surface area contributed by atoms with Gasteiger partial charge in [-0.1, -0.05) is 12.1 Å². The summed E-state index contributed by atoms with van der Waals surface area (Å²) in [7, 11) is 0. The van der Waals surface area contributed by atoms with Crippen LogP contribution in [0.1, 0.15) is 28.7 Å². The summed E-state index contributed by atoms with van der Waals surface area (Å²) in [6, 6.07) is 16.0. The maximum absolute atomic E-state index is 6.08. The number of morpholine rings is 1. The summed E-state index contributed by atoms with van der Waals surface area (Å²) in [5, 5.41) is 3.26. The third kappa shape index (κ3) is 4.28. The van der Waals surface area contributed by atoms with Gasteiger partial charge in [0.2, 0.25) is 0 Å². The Balaban J connectivity index is 1.32. The Hall–Kier alpha value is -3.29. The van der Waals surface area contributed by atoms with Crippen molar-refractivity contribution in [1.29, 1.82) is 0 Å². The number of hydrogen-bond donors (Lipinski definition) is 1. The van der Waals surface area contributed by atoms with Gasteiger partial charge in [0.25, 0.3) is 0 Å². The van der Waals surface area contributed by atoms with Crippen LogP contribution in [0.3, 0.4) is 0 Å². The molecular weight excluding hydrogens is 388 g/mol. The fraction of sp³-hybridized carbons (Fsp3) is 0.292. The average Bonchev–Trinajstić information content (AvgIpc) is 3.09. The summed E-state index contributed by atoms with van der Waals surface area (Å²) in [5.74, 6) is 1.54. The zero-order chi connectivity index (χ0) is 21.2. The van der Waals surface area contributed by atoms with Gasteiger partial charge in [-0.2, -0.15) is 0 Å². The van der Waals surface area contributed by atoms with Crippen molar-refractivity contribution in [2.75, 3.05) is 25.0 Å². The molecule has 5 rings (SSSR count). The number of nitrogens with zero attached hydrogens (tertiary/aromatic N) is 5. The van der Waals surface area contributed by atoms with E-state index in [-0.39, 0.29) is 6.10 Å². The Morgan fingerprint density at radius 1 is 1.06 bits per heavy atom. The van der Waals surface area contributed by atoms with Gasteiger partial charge in [-0.15, -0.1) is 0 Å². The van der Waals surface area contributed by atoms with Crippen molar-refractivity contribution in [3.63, 3.8) is 0 Å². The van der Waals surface area contributed by atoms with E-state index in [9.17, 15) is 0 Å². The zero-order valence-corrected chi connectivity index (χ0v) is 17.8. The average molecular weight is 415 g/mol. The SMILES string of the molecule is Cc1ccn2c(CN3CCO[C@@H](c4cccc(Nc5ccccn5)n4)C3)c(C)nc2c1. The van der Waals surface area contributed by atoms with Crippen LogP contribution in [0.4, 0.5) is 11.6 Å². The Morgan fingerprint density at radius 2 is 1.97 bits per heavy atom. The molecule has 5 heterocycles. The van der Waals surface area contributed by atoms with E-state index in [1.807, 2.05) is 36.4 Å². The second-order valence-corrected chi connectivity index (χ2v) is 7.96. The van der Waals surface area contributed by atoms with Crippen LogP contribution in [-0.4, -0.2) is 43.9 Å². The number of rotatable bonds is 5. The summed E-state index contributed by atoms with van der Waals surface area (Å²) in [6.07, 6.45) is 3.81. The summed E-state index contributed by atoms with van der Waals surface area (Å²) >= 11 is 0. The standard InChI is InChI=1S/C24H26N6O/c1-17-9-11-30-20(18(2)26-24(30)14-17)15-29-12-13-31-21(16-29)19-6-5-8-23(27-19)28-22-7-3-4-10-25-22/h3-11,14,21H,12-13,15-16H2,1-2H3,(H,25,27,28)/t21-/m1/s1. The molecule has 7 heteroatoms. The maximum Gasteiger partial charge on any atom is 0.137 e. The minimum absolute atomic E-state index is 0.0685. The number of aromatic nitrogens is 4. The Morgan fingerprint density at radius 3 is 2.84 bits per heavy atom. The molecule has 0 spiro atoms. The lowest BCUT2D eigenvalue weighted by molar-refractivity contribution is -0.0354. The molecule has 1 fully saturated rings. The van der Waals surface area contributed by atoms with Gasteiger partial charge < -0.3 is 14.5 Å². The van der Waals surface area contributed by atoms with Crippen LogP contribution in [-0.2, 0) is 11.3 Å². The summed E-state index contributed by atoms with van der Waals surface area (Å²) < 4.78 is 8.28. The van der Waals surface area contributed by atoms with Gasteiger partial charge in [-0.3, -0.25) is 4.90 Å². The second-order valence-electron chi connectivity index (χ2n) is 7.96. The number of ether oxygens (including phenoxy) is 1. The van der Waals surface area contributed by atoms with Gasteiger partial charge in [-0.05, 0) is 55.8 Å². The normalized spacial score (nSPS) is 17.2. The highest BCUT2D eigenvalue weighted by atomic mass is 16.5. The van der Waals surface area contributed by atoms with Gasteiger partial charge in [0.15, 0.2) is 0 Å². The van der Waals surface area contributed by atoms with Crippen molar-refractivity contribution in [1.82, 2.24) is 24.3 Å². The Labute approximate surface area is 181 Å². The number of pyridine rings is 3. The molecular formula is C24H26N6O. The van der Waals surface area contributed by atoms with Crippen molar-refractivity contribution in [2.45, 2.75) is 26.5 Å². The van der Waals surface area contributed by atoms with Crippen molar-refractivity contribution in [3.05, 3.63) is 83.6 Å². The van der Waals surface area contributed by atoms with E-state index in [0.29, 0.717) is 6.61 Å². The third-order valence-corrected chi connectivity index (χ3v) is 5.63. The van der Waals surface area contributed by atoms with Crippen LogP contribution in [0.2, 0.25) is 0 Å². The van der Waals surface area contributed by atoms with Crippen molar-refractivity contribution in [3.8, 4) is 0 Å². The molecule has 0 radical (unpaired) electrons. The molecule has 7 nitrogen and oxygen atoms in total. The number of anilines is 2. The minimum Gasteiger partial charge on any atom is -0.369 e. The highest BCUT2D eigenvalue weighted by Crippen LogP contribution is 2.25. The van der Waals surface area contributed by atoms with E-state index < -0.39 is 0 Å². The number of nitrogens with one attached hydrogen (secondary N) is 1. The van der Waals surface area contributed by atoms with Crippen molar-refractivity contribution < 1.29 is 4.74 Å². The minimum atomic E-state index is -0.0685. The first-order valence-corrected chi connectivity index (χ1v) is 10.6. The van der Waals surface area contributed by atoms with Gasteiger partial charge in [0.05, 0.1) is 23.7 Å². The molecule has 0 aromatic carbocycles. The van der Waals surface area contributed by atoms with E-state index in [1.54, 1.807) is 6.20 Å². The lowest BCUT2D eigenvalue weighted by atomic mass is 10.1. The molecule has 1 N–H and O–H groups in total. The van der Waals surface area contributed by atoms with Crippen LogP contribution in [0, 0.1) is 13.8 Å². The molecule has 1 aliphatic heterocycles. The number of fused-ring (bicyclic) bond motifs is 1. The quantitative estimate of drug-likeness (QED) is 0.531. The molecule has 0 saturated carbocycles. The topological polar surface area (TPSA) is 67.6 Å². The van der Waals surface area contributed by atoms with Gasteiger partial charge >= 0.3 is 0 Å². The molecule has 0 aliphatic carbocycles. The van der Waals surface area contributed by atoms with Gasteiger partial charge in [0.1, 0.15) is 23.4 Å². The third-order valence-electron chi connectivity index (χ3n) is 5.63.